The van der Waals surface area contributed by atoms with Crippen molar-refractivity contribution in [3.8, 4) is 0 Å². The van der Waals surface area contributed by atoms with Gasteiger partial charge in [-0.15, -0.1) is 0 Å². The molecule has 0 amide bonds. The first-order valence-corrected chi connectivity index (χ1v) is 11.0. The highest BCUT2D eigenvalue weighted by molar-refractivity contribution is 5.50. The number of fused-ring (bicyclic) bond motifs is 3. The second kappa shape index (κ2) is 8.46. The first-order chi connectivity index (χ1) is 14.0. The van der Waals surface area contributed by atoms with Gasteiger partial charge in [0, 0.05) is 44.2 Å². The molecule has 2 heterocycles. The Balaban J connectivity index is 0.000000249. The van der Waals surface area contributed by atoms with Gasteiger partial charge in [-0.05, 0) is 50.4 Å². The van der Waals surface area contributed by atoms with Crippen LogP contribution in [0.2, 0.25) is 0 Å². The Morgan fingerprint density at radius 2 is 1.93 bits per heavy atom. The highest BCUT2D eigenvalue weighted by Crippen LogP contribution is 2.57. The lowest BCUT2D eigenvalue weighted by atomic mass is 9.62. The van der Waals surface area contributed by atoms with Gasteiger partial charge in [0.05, 0.1) is 6.10 Å². The average Bonchev–Trinajstić information content (AvgIpc) is 3.37. The molecule has 7 nitrogen and oxygen atoms in total. The van der Waals surface area contributed by atoms with Crippen LogP contribution in [-0.2, 0) is 24.0 Å². The molecule has 5 rings (SSSR count). The maximum atomic E-state index is 9.79. The standard InChI is InChI=1S/C18H30O4.C4H4N2O/c1-12-8-14-10-13(2)18(15(9-12)11-14)20-17(21-22-18)6-4-16(19-3)5-7-17;7-4-6-2-1-5-3-6/h12-16H,4-11H2,1-3H3;1-4H. The van der Waals surface area contributed by atoms with Crippen LogP contribution >= 0.6 is 0 Å². The van der Waals surface area contributed by atoms with E-state index < -0.39 is 11.6 Å². The number of imidazole rings is 1. The number of hydrogen-bond acceptors (Lipinski definition) is 6. The second-order valence-electron chi connectivity index (χ2n) is 9.46. The summed E-state index contributed by atoms with van der Waals surface area (Å²) in [7, 11) is 1.80. The van der Waals surface area contributed by atoms with E-state index in [-0.39, 0.29) is 0 Å². The summed E-state index contributed by atoms with van der Waals surface area (Å²) in [6.07, 6.45) is 14.4. The molecule has 0 N–H and O–H groups in total. The summed E-state index contributed by atoms with van der Waals surface area (Å²) in [6, 6.07) is 0. The van der Waals surface area contributed by atoms with Gasteiger partial charge >= 0.3 is 0 Å². The topological polar surface area (TPSA) is 71.8 Å². The molecule has 3 aliphatic carbocycles. The van der Waals surface area contributed by atoms with E-state index in [9.17, 15) is 4.79 Å². The molecule has 2 spiro atoms. The van der Waals surface area contributed by atoms with Crippen molar-refractivity contribution in [1.82, 2.24) is 9.55 Å². The molecule has 0 aromatic carbocycles. The van der Waals surface area contributed by atoms with Gasteiger partial charge in [0.25, 0.3) is 0 Å². The lowest BCUT2D eigenvalue weighted by molar-refractivity contribution is -0.380. The molecule has 5 unspecified atom stereocenters. The zero-order valence-electron chi connectivity index (χ0n) is 17.8. The molecule has 3 saturated carbocycles. The van der Waals surface area contributed by atoms with Gasteiger partial charge in [-0.3, -0.25) is 9.36 Å². The minimum Gasteiger partial charge on any atom is -0.381 e. The molecular formula is C22H34N2O5. The van der Waals surface area contributed by atoms with Gasteiger partial charge in [0.2, 0.25) is 18.0 Å². The lowest BCUT2D eigenvalue weighted by Gasteiger charge is -2.50. The van der Waals surface area contributed by atoms with Crippen molar-refractivity contribution in [2.45, 2.75) is 82.9 Å². The number of rotatable bonds is 2. The van der Waals surface area contributed by atoms with Gasteiger partial charge < -0.3 is 9.47 Å². The van der Waals surface area contributed by atoms with Crippen LogP contribution in [0, 0.1) is 23.7 Å². The fourth-order valence-electron chi connectivity index (χ4n) is 5.92. The predicted molar refractivity (Wildman–Crippen MR) is 106 cm³/mol. The zero-order valence-corrected chi connectivity index (χ0v) is 17.8. The summed E-state index contributed by atoms with van der Waals surface area (Å²) in [4.78, 5) is 25.3. The van der Waals surface area contributed by atoms with E-state index in [1.165, 1.54) is 36.6 Å². The maximum absolute atomic E-state index is 9.79. The number of methoxy groups -OCH3 is 1. The normalized spacial score (nSPS) is 43.8. The Kier molecular flexibility index (Phi) is 6.11. The number of ether oxygens (including phenoxy) is 2. The number of nitrogens with zero attached hydrogens (tertiary/aromatic N) is 2. The van der Waals surface area contributed by atoms with Crippen LogP contribution in [0.25, 0.3) is 0 Å². The van der Waals surface area contributed by atoms with Crippen LogP contribution in [0.1, 0.15) is 65.2 Å². The molecule has 0 radical (unpaired) electrons. The number of hydrogen-bond donors (Lipinski definition) is 0. The molecule has 1 saturated heterocycles. The van der Waals surface area contributed by atoms with E-state index in [0.29, 0.717) is 24.3 Å². The van der Waals surface area contributed by atoms with Crippen LogP contribution in [0.5, 0.6) is 0 Å². The van der Waals surface area contributed by atoms with Gasteiger partial charge in [-0.2, -0.15) is 9.78 Å². The smallest absolute Gasteiger partial charge is 0.218 e. The van der Waals surface area contributed by atoms with Crippen LogP contribution in [0.15, 0.2) is 18.7 Å². The van der Waals surface area contributed by atoms with Gasteiger partial charge in [-0.1, -0.05) is 13.8 Å². The van der Waals surface area contributed by atoms with Crippen molar-refractivity contribution >= 4 is 6.41 Å². The monoisotopic (exact) mass is 406 g/mol. The molecule has 29 heavy (non-hydrogen) atoms. The molecule has 5 atom stereocenters. The Labute approximate surface area is 173 Å². The van der Waals surface area contributed by atoms with Crippen LogP contribution in [0.4, 0.5) is 0 Å². The quantitative estimate of drug-likeness (QED) is 0.547. The van der Waals surface area contributed by atoms with E-state index in [1.54, 1.807) is 19.5 Å². The number of carbonyl (C=O) groups is 1. The summed E-state index contributed by atoms with van der Waals surface area (Å²) in [5, 5.41) is 0. The molecule has 1 aromatic rings. The highest BCUT2D eigenvalue weighted by Gasteiger charge is 2.62. The Bertz CT molecular complexity index is 669. The minimum atomic E-state index is -0.517. The molecule has 7 heteroatoms. The molecule has 1 aliphatic heterocycles. The zero-order chi connectivity index (χ0) is 20.5. The molecule has 1 aromatic heterocycles. The molecular weight excluding hydrogens is 372 g/mol. The third kappa shape index (κ3) is 4.15. The maximum Gasteiger partial charge on any atom is 0.218 e. The van der Waals surface area contributed by atoms with E-state index >= 15 is 0 Å². The lowest BCUT2D eigenvalue weighted by Crippen LogP contribution is -2.54. The van der Waals surface area contributed by atoms with E-state index in [0.717, 1.165) is 37.5 Å². The number of carbonyl (C=O) groups excluding carboxylic acids is 1. The van der Waals surface area contributed by atoms with Crippen molar-refractivity contribution in [1.29, 1.82) is 0 Å². The first-order valence-electron chi connectivity index (χ1n) is 11.0. The minimum absolute atomic E-state index is 0.345. The predicted octanol–water partition coefficient (Wildman–Crippen LogP) is 3.96. The first kappa shape index (κ1) is 21.0. The largest absolute Gasteiger partial charge is 0.381 e. The third-order valence-corrected chi connectivity index (χ3v) is 7.33. The van der Waals surface area contributed by atoms with Crippen molar-refractivity contribution in [3.63, 3.8) is 0 Å². The second-order valence-corrected chi connectivity index (χ2v) is 9.46. The molecule has 4 aliphatic rings. The Hall–Kier alpha value is -1.28. The Morgan fingerprint density at radius 1 is 1.14 bits per heavy atom. The SMILES string of the molecule is COC1CCC2(CC1)OOC1(O2)C(C)CC2CC(C)CC1C2.O=Cn1ccnc1. The van der Waals surface area contributed by atoms with Gasteiger partial charge in [0.1, 0.15) is 6.33 Å². The van der Waals surface area contributed by atoms with Crippen molar-refractivity contribution in [2.24, 2.45) is 23.7 Å². The summed E-state index contributed by atoms with van der Waals surface area (Å²) in [5.74, 6) is 1.53. The molecule has 162 valence electrons. The average molecular weight is 407 g/mol. The van der Waals surface area contributed by atoms with E-state index in [4.69, 9.17) is 19.2 Å². The van der Waals surface area contributed by atoms with Crippen LogP contribution in [-0.4, -0.2) is 40.7 Å². The van der Waals surface area contributed by atoms with Crippen molar-refractivity contribution in [3.05, 3.63) is 18.7 Å². The van der Waals surface area contributed by atoms with Crippen molar-refractivity contribution < 1.29 is 24.0 Å². The van der Waals surface area contributed by atoms with Crippen LogP contribution < -0.4 is 0 Å². The van der Waals surface area contributed by atoms with Crippen LogP contribution in [0.3, 0.4) is 0 Å². The molecule has 4 fully saturated rings. The van der Waals surface area contributed by atoms with E-state index in [1.807, 2.05) is 0 Å². The summed E-state index contributed by atoms with van der Waals surface area (Å²) in [5.41, 5.74) is 0. The fraction of sp³-hybridized carbons (Fsp3) is 0.818. The summed E-state index contributed by atoms with van der Waals surface area (Å²) >= 11 is 0. The van der Waals surface area contributed by atoms with E-state index in [2.05, 4.69) is 18.8 Å². The summed E-state index contributed by atoms with van der Waals surface area (Å²) in [6.45, 7) is 4.66. The third-order valence-electron chi connectivity index (χ3n) is 7.33. The van der Waals surface area contributed by atoms with Gasteiger partial charge in [0.15, 0.2) is 0 Å². The van der Waals surface area contributed by atoms with Gasteiger partial charge in [-0.25, -0.2) is 4.98 Å². The number of aromatic nitrogens is 2. The van der Waals surface area contributed by atoms with Crippen molar-refractivity contribution in [2.75, 3.05) is 7.11 Å². The molecule has 2 bridgehead atoms. The fourth-order valence-corrected chi connectivity index (χ4v) is 5.92. The summed E-state index contributed by atoms with van der Waals surface area (Å²) < 4.78 is 13.5. The highest BCUT2D eigenvalue weighted by atomic mass is 17.3. The Morgan fingerprint density at radius 3 is 2.55 bits per heavy atom.